The molecule has 0 radical (unpaired) electrons. The van der Waals surface area contributed by atoms with Crippen LogP contribution in [-0.4, -0.2) is 0 Å². The third kappa shape index (κ3) is 1.94. The van der Waals surface area contributed by atoms with Crippen LogP contribution in [0.5, 0.6) is 0 Å². The van der Waals surface area contributed by atoms with Crippen molar-refractivity contribution in [3.8, 4) is 11.1 Å². The summed E-state index contributed by atoms with van der Waals surface area (Å²) < 4.78 is 13.5. The second-order valence-electron chi connectivity index (χ2n) is 10.2. The SMILES string of the molecule is Fc1ccc(-c2ccc(C3CC4CCC3C4)c3c2C2C4CCC(C4)C32)cc1. The van der Waals surface area contributed by atoms with E-state index in [1.165, 1.54) is 56.1 Å². The Morgan fingerprint density at radius 1 is 0.667 bits per heavy atom. The number of hydrogen-bond acceptors (Lipinski definition) is 0. The van der Waals surface area contributed by atoms with Gasteiger partial charge in [0.1, 0.15) is 5.82 Å². The van der Waals surface area contributed by atoms with Gasteiger partial charge in [-0.25, -0.2) is 4.39 Å². The average Bonchev–Trinajstić information content (AvgIpc) is 3.44. The Balaban J connectivity index is 1.40. The van der Waals surface area contributed by atoms with Crippen molar-refractivity contribution >= 4 is 0 Å². The van der Waals surface area contributed by atoms with Crippen LogP contribution in [0, 0.1) is 29.5 Å². The van der Waals surface area contributed by atoms with Crippen LogP contribution in [0.3, 0.4) is 0 Å². The molecule has 1 heteroatoms. The van der Waals surface area contributed by atoms with Gasteiger partial charge in [-0.05, 0) is 120 Å². The van der Waals surface area contributed by atoms with Gasteiger partial charge < -0.3 is 0 Å². The monoisotopic (exact) mass is 358 g/mol. The Bertz CT molecular complexity index is 926. The van der Waals surface area contributed by atoms with E-state index in [0.717, 1.165) is 41.4 Å². The van der Waals surface area contributed by atoms with Gasteiger partial charge in [0.15, 0.2) is 0 Å². The molecule has 27 heavy (non-hydrogen) atoms. The van der Waals surface area contributed by atoms with Gasteiger partial charge in [0, 0.05) is 0 Å². The Morgan fingerprint density at radius 3 is 2.11 bits per heavy atom. The van der Waals surface area contributed by atoms with E-state index in [1.807, 2.05) is 12.1 Å². The van der Waals surface area contributed by atoms with E-state index in [4.69, 9.17) is 0 Å². The van der Waals surface area contributed by atoms with Gasteiger partial charge in [0.2, 0.25) is 0 Å². The summed E-state index contributed by atoms with van der Waals surface area (Å²) in [6.07, 6.45) is 10.2. The zero-order chi connectivity index (χ0) is 17.7. The molecule has 4 fully saturated rings. The standard InChI is InChI=1S/C26H27F/c27-19-7-5-15(6-8-19)20-9-10-21(22-12-14-1-2-16(22)11-14)26-24-18-4-3-17(13-18)23(24)25(20)26/h5-10,14,16-18,22-24H,1-4,11-13H2. The lowest BCUT2D eigenvalue weighted by Crippen LogP contribution is -2.33. The van der Waals surface area contributed by atoms with Crippen molar-refractivity contribution in [2.24, 2.45) is 23.7 Å². The fourth-order valence-corrected chi connectivity index (χ4v) is 8.24. The third-order valence-electron chi connectivity index (χ3n) is 9.20. The van der Waals surface area contributed by atoms with E-state index in [-0.39, 0.29) is 5.82 Å². The summed E-state index contributed by atoms with van der Waals surface area (Å²) in [7, 11) is 0. The summed E-state index contributed by atoms with van der Waals surface area (Å²) in [5, 5.41) is 0. The van der Waals surface area contributed by atoms with Gasteiger partial charge in [-0.3, -0.25) is 0 Å². The fourth-order valence-electron chi connectivity index (χ4n) is 8.24. The number of fused-ring (bicyclic) bond motifs is 10. The molecule has 0 heterocycles. The van der Waals surface area contributed by atoms with Crippen molar-refractivity contribution in [2.75, 3.05) is 0 Å². The Labute approximate surface area is 161 Å². The molecule has 0 saturated heterocycles. The molecule has 4 bridgehead atoms. The Hall–Kier alpha value is -1.63. The highest BCUT2D eigenvalue weighted by Gasteiger charge is 2.57. The van der Waals surface area contributed by atoms with Crippen molar-refractivity contribution in [3.05, 3.63) is 58.9 Å². The second-order valence-corrected chi connectivity index (χ2v) is 10.2. The first-order chi connectivity index (χ1) is 13.3. The van der Waals surface area contributed by atoms with Gasteiger partial charge in [0.05, 0.1) is 0 Å². The molecule has 0 nitrogen and oxygen atoms in total. The van der Waals surface area contributed by atoms with Crippen LogP contribution in [0.1, 0.15) is 79.4 Å². The highest BCUT2D eigenvalue weighted by molar-refractivity contribution is 5.75. The molecule has 0 amide bonds. The summed E-state index contributed by atoms with van der Waals surface area (Å²) in [5.74, 6) is 6.19. The van der Waals surface area contributed by atoms with Gasteiger partial charge in [0.25, 0.3) is 0 Å². The van der Waals surface area contributed by atoms with E-state index in [1.54, 1.807) is 28.8 Å². The minimum Gasteiger partial charge on any atom is -0.207 e. The highest BCUT2D eigenvalue weighted by Crippen LogP contribution is 2.71. The Kier molecular flexibility index (Phi) is 2.97. The molecular formula is C26H27F. The maximum absolute atomic E-state index is 13.5. The van der Waals surface area contributed by atoms with Crippen molar-refractivity contribution in [1.82, 2.24) is 0 Å². The van der Waals surface area contributed by atoms with Gasteiger partial charge >= 0.3 is 0 Å². The van der Waals surface area contributed by atoms with Crippen LogP contribution in [0.2, 0.25) is 0 Å². The minimum absolute atomic E-state index is 0.131. The topological polar surface area (TPSA) is 0 Å². The van der Waals surface area contributed by atoms with Crippen LogP contribution in [0.15, 0.2) is 36.4 Å². The molecule has 0 N–H and O–H groups in total. The number of hydrogen-bond donors (Lipinski definition) is 0. The number of rotatable bonds is 2. The molecule has 2 aromatic rings. The molecule has 5 aliphatic rings. The lowest BCUT2D eigenvalue weighted by atomic mass is 9.57. The lowest BCUT2D eigenvalue weighted by Gasteiger charge is -2.47. The van der Waals surface area contributed by atoms with Gasteiger partial charge in [-0.1, -0.05) is 30.7 Å². The summed E-state index contributed by atoms with van der Waals surface area (Å²) in [6, 6.07) is 12.1. The van der Waals surface area contributed by atoms with Crippen molar-refractivity contribution in [3.63, 3.8) is 0 Å². The predicted molar refractivity (Wildman–Crippen MR) is 106 cm³/mol. The molecule has 5 aliphatic carbocycles. The molecule has 4 saturated carbocycles. The van der Waals surface area contributed by atoms with Crippen LogP contribution in [-0.2, 0) is 0 Å². The van der Waals surface area contributed by atoms with Crippen LogP contribution in [0.4, 0.5) is 4.39 Å². The smallest absolute Gasteiger partial charge is 0.123 e. The lowest BCUT2D eigenvalue weighted by molar-refractivity contribution is 0.315. The van der Waals surface area contributed by atoms with Crippen LogP contribution < -0.4 is 0 Å². The average molecular weight is 359 g/mol. The van der Waals surface area contributed by atoms with Crippen LogP contribution in [0.25, 0.3) is 11.1 Å². The maximum atomic E-state index is 13.5. The third-order valence-corrected chi connectivity index (χ3v) is 9.20. The first kappa shape index (κ1) is 15.3. The molecule has 2 aromatic carbocycles. The van der Waals surface area contributed by atoms with E-state index in [9.17, 15) is 4.39 Å². The molecule has 7 rings (SSSR count). The molecule has 7 unspecified atom stereocenters. The first-order valence-corrected chi connectivity index (χ1v) is 11.2. The largest absolute Gasteiger partial charge is 0.207 e. The molecule has 7 atom stereocenters. The minimum atomic E-state index is -0.131. The summed E-state index contributed by atoms with van der Waals surface area (Å²) >= 11 is 0. The van der Waals surface area contributed by atoms with Crippen molar-refractivity contribution in [1.29, 1.82) is 0 Å². The summed E-state index contributed by atoms with van der Waals surface area (Å²) in [5.41, 5.74) is 7.81. The van der Waals surface area contributed by atoms with Crippen LogP contribution >= 0.6 is 0 Å². The second kappa shape index (κ2) is 5.25. The molecule has 0 aliphatic heterocycles. The maximum Gasteiger partial charge on any atom is 0.123 e. The Morgan fingerprint density at radius 2 is 1.41 bits per heavy atom. The van der Waals surface area contributed by atoms with E-state index in [0.29, 0.717) is 0 Å². The fraction of sp³-hybridized carbons (Fsp3) is 0.538. The summed E-state index contributed by atoms with van der Waals surface area (Å²) in [4.78, 5) is 0. The normalized spacial score (nSPS) is 40.1. The zero-order valence-corrected chi connectivity index (χ0v) is 15.8. The van der Waals surface area contributed by atoms with E-state index in [2.05, 4.69) is 12.1 Å². The van der Waals surface area contributed by atoms with Crippen molar-refractivity contribution < 1.29 is 4.39 Å². The molecule has 138 valence electrons. The molecule has 0 aromatic heterocycles. The number of halogens is 1. The quantitative estimate of drug-likeness (QED) is 0.542. The first-order valence-electron chi connectivity index (χ1n) is 11.2. The van der Waals surface area contributed by atoms with Gasteiger partial charge in [-0.15, -0.1) is 0 Å². The molecular weight excluding hydrogens is 331 g/mol. The zero-order valence-electron chi connectivity index (χ0n) is 15.8. The summed E-state index contributed by atoms with van der Waals surface area (Å²) in [6.45, 7) is 0. The van der Waals surface area contributed by atoms with E-state index < -0.39 is 0 Å². The predicted octanol–water partition coefficient (Wildman–Crippen LogP) is 7.01. The van der Waals surface area contributed by atoms with E-state index >= 15 is 0 Å². The van der Waals surface area contributed by atoms with Crippen molar-refractivity contribution in [2.45, 2.75) is 62.7 Å². The number of benzene rings is 2. The molecule has 0 spiro atoms. The highest BCUT2D eigenvalue weighted by atomic mass is 19.1. The van der Waals surface area contributed by atoms with Gasteiger partial charge in [-0.2, -0.15) is 0 Å².